The van der Waals surface area contributed by atoms with Crippen LogP contribution in [0.15, 0.2) is 18.2 Å². The van der Waals surface area contributed by atoms with Gasteiger partial charge in [0.2, 0.25) is 0 Å². The van der Waals surface area contributed by atoms with Crippen molar-refractivity contribution in [1.82, 2.24) is 15.2 Å². The minimum absolute atomic E-state index is 0.0339. The first-order valence-corrected chi connectivity index (χ1v) is 11.0. The summed E-state index contributed by atoms with van der Waals surface area (Å²) in [6.07, 6.45) is 3.44. The van der Waals surface area contributed by atoms with Gasteiger partial charge in [-0.3, -0.25) is 9.59 Å². The first-order valence-electron chi connectivity index (χ1n) is 9.82. The van der Waals surface area contributed by atoms with Crippen molar-refractivity contribution in [3.63, 3.8) is 0 Å². The molecular weight excluding hydrogens is 413 g/mol. The van der Waals surface area contributed by atoms with Gasteiger partial charge in [0, 0.05) is 24.0 Å². The summed E-state index contributed by atoms with van der Waals surface area (Å²) in [5, 5.41) is 2.93. The van der Waals surface area contributed by atoms with Crippen LogP contribution >= 0.6 is 22.9 Å². The van der Waals surface area contributed by atoms with E-state index in [2.05, 4.69) is 24.1 Å². The summed E-state index contributed by atoms with van der Waals surface area (Å²) in [5.74, 6) is -1.12. The van der Waals surface area contributed by atoms with Gasteiger partial charge in [-0.1, -0.05) is 18.5 Å². The van der Waals surface area contributed by atoms with Gasteiger partial charge in [-0.15, -0.1) is 11.3 Å². The summed E-state index contributed by atoms with van der Waals surface area (Å²) < 4.78 is 13.8. The molecule has 29 heavy (non-hydrogen) atoms. The third kappa shape index (κ3) is 3.90. The van der Waals surface area contributed by atoms with Gasteiger partial charge < -0.3 is 10.2 Å². The van der Waals surface area contributed by atoms with Gasteiger partial charge in [-0.25, -0.2) is 9.37 Å². The summed E-state index contributed by atoms with van der Waals surface area (Å²) in [6.45, 7) is 5.60. The summed E-state index contributed by atoms with van der Waals surface area (Å²) in [4.78, 5) is 33.0. The molecule has 0 unspecified atom stereocenters. The lowest BCUT2D eigenvalue weighted by atomic mass is 9.65. The third-order valence-electron chi connectivity index (χ3n) is 6.00. The number of carbonyl (C=O) groups excluding carboxylic acids is 2. The van der Waals surface area contributed by atoms with Crippen molar-refractivity contribution >= 4 is 34.8 Å². The number of halogens is 2. The van der Waals surface area contributed by atoms with E-state index in [0.717, 1.165) is 43.2 Å². The predicted molar refractivity (Wildman–Crippen MR) is 111 cm³/mol. The maximum Gasteiger partial charge on any atom is 0.273 e. The number of aromatic nitrogens is 1. The Balaban J connectivity index is 1.34. The first-order chi connectivity index (χ1) is 13.8. The molecule has 1 saturated heterocycles. The van der Waals surface area contributed by atoms with Crippen LogP contribution in [0.1, 0.15) is 56.8 Å². The van der Waals surface area contributed by atoms with Crippen LogP contribution in [0.2, 0.25) is 5.15 Å². The van der Waals surface area contributed by atoms with Crippen LogP contribution in [0.25, 0.3) is 0 Å². The highest BCUT2D eigenvalue weighted by molar-refractivity contribution is 7.14. The molecule has 0 atom stereocenters. The molecule has 2 amide bonds. The number of likely N-dealkylation sites (tertiary alicyclic amines) is 1. The molecule has 0 aromatic carbocycles. The molecule has 2 fully saturated rings. The second-order valence-corrected chi connectivity index (χ2v) is 9.61. The number of pyridine rings is 1. The van der Waals surface area contributed by atoms with E-state index in [-0.39, 0.29) is 28.2 Å². The number of hydrogen-bond acceptors (Lipinski definition) is 4. The second kappa shape index (κ2) is 7.69. The molecule has 0 radical (unpaired) electrons. The van der Waals surface area contributed by atoms with Crippen molar-refractivity contribution < 1.29 is 14.0 Å². The number of nitrogens with one attached hydrogen (secondary N) is 1. The molecular formula is C21H23ClFN3O2S. The van der Waals surface area contributed by atoms with Crippen molar-refractivity contribution in [2.75, 3.05) is 13.1 Å². The smallest absolute Gasteiger partial charge is 0.273 e. The van der Waals surface area contributed by atoms with E-state index in [9.17, 15) is 14.0 Å². The zero-order valence-electron chi connectivity index (χ0n) is 16.4. The Labute approximate surface area is 178 Å². The molecule has 2 aromatic heterocycles. The molecule has 0 bridgehead atoms. The molecule has 1 N–H and O–H groups in total. The van der Waals surface area contributed by atoms with Crippen molar-refractivity contribution in [3.05, 3.63) is 50.2 Å². The number of amides is 2. The lowest BCUT2D eigenvalue weighted by Gasteiger charge is -2.45. The highest BCUT2D eigenvalue weighted by Crippen LogP contribution is 2.48. The highest BCUT2D eigenvalue weighted by Gasteiger charge is 2.50. The SMILES string of the molecule is CCc1sc(C(=O)N2CCC3(CC(NC(=O)c4nc(Cl)ccc4F)C3)C2)cc1C. The number of hydrogen-bond donors (Lipinski definition) is 1. The standard InChI is InChI=1S/C21H23ClFN3O2S/c1-3-15-12(2)8-16(29-15)20(28)26-7-6-21(11-26)9-13(10-21)24-19(27)18-14(23)4-5-17(22)25-18/h4-5,8,13H,3,6-7,9-11H2,1-2H3,(H,24,27). The number of carbonyl (C=O) groups is 2. The summed E-state index contributed by atoms with van der Waals surface area (Å²) in [5.41, 5.74) is 0.956. The van der Waals surface area contributed by atoms with Gasteiger partial charge in [0.05, 0.1) is 4.88 Å². The van der Waals surface area contributed by atoms with Gasteiger partial charge in [0.1, 0.15) is 5.15 Å². The molecule has 1 saturated carbocycles. The van der Waals surface area contributed by atoms with Crippen molar-refractivity contribution in [1.29, 1.82) is 0 Å². The predicted octanol–water partition coefficient (Wildman–Crippen LogP) is 4.23. The lowest BCUT2D eigenvalue weighted by molar-refractivity contribution is 0.0609. The minimum atomic E-state index is -0.684. The summed E-state index contributed by atoms with van der Waals surface area (Å²) in [6, 6.07) is 4.42. The molecule has 1 aliphatic carbocycles. The molecule has 154 valence electrons. The number of rotatable bonds is 4. The van der Waals surface area contributed by atoms with Crippen LogP contribution in [-0.4, -0.2) is 40.8 Å². The fourth-order valence-corrected chi connectivity index (χ4v) is 5.72. The number of nitrogens with zero attached hydrogens (tertiary/aromatic N) is 2. The Kier molecular flexibility index (Phi) is 5.38. The Bertz CT molecular complexity index is 971. The average Bonchev–Trinajstić information content (AvgIpc) is 3.27. The van der Waals surface area contributed by atoms with Crippen LogP contribution in [0, 0.1) is 18.2 Å². The van der Waals surface area contributed by atoms with Gasteiger partial charge >= 0.3 is 0 Å². The topological polar surface area (TPSA) is 62.3 Å². The Morgan fingerprint density at radius 3 is 2.86 bits per heavy atom. The second-order valence-electron chi connectivity index (χ2n) is 8.09. The quantitative estimate of drug-likeness (QED) is 0.731. The molecule has 1 spiro atoms. The van der Waals surface area contributed by atoms with E-state index in [4.69, 9.17) is 11.6 Å². The van der Waals surface area contributed by atoms with Crippen LogP contribution in [0.5, 0.6) is 0 Å². The average molecular weight is 436 g/mol. The van der Waals surface area contributed by atoms with E-state index in [0.29, 0.717) is 6.54 Å². The molecule has 5 nitrogen and oxygen atoms in total. The highest BCUT2D eigenvalue weighted by atomic mass is 35.5. The maximum atomic E-state index is 13.8. The Morgan fingerprint density at radius 1 is 1.41 bits per heavy atom. The maximum absolute atomic E-state index is 13.8. The molecule has 4 rings (SSSR count). The van der Waals surface area contributed by atoms with E-state index < -0.39 is 11.7 Å². The van der Waals surface area contributed by atoms with Gasteiger partial charge in [-0.2, -0.15) is 0 Å². The van der Waals surface area contributed by atoms with Gasteiger partial charge in [-0.05, 0) is 61.8 Å². The zero-order valence-corrected chi connectivity index (χ0v) is 18.0. The Hall–Kier alpha value is -1.99. The van der Waals surface area contributed by atoms with Crippen LogP contribution in [0.4, 0.5) is 4.39 Å². The van der Waals surface area contributed by atoms with E-state index in [1.54, 1.807) is 11.3 Å². The minimum Gasteiger partial charge on any atom is -0.348 e. The van der Waals surface area contributed by atoms with Crippen LogP contribution in [-0.2, 0) is 6.42 Å². The fourth-order valence-electron chi connectivity index (χ4n) is 4.49. The van der Waals surface area contributed by atoms with Crippen molar-refractivity contribution in [3.8, 4) is 0 Å². The molecule has 3 heterocycles. The largest absolute Gasteiger partial charge is 0.348 e. The fraction of sp³-hybridized carbons (Fsp3) is 0.476. The molecule has 2 aliphatic rings. The molecule has 1 aliphatic heterocycles. The van der Waals surface area contributed by atoms with Crippen molar-refractivity contribution in [2.45, 2.75) is 45.6 Å². The molecule has 2 aromatic rings. The van der Waals surface area contributed by atoms with E-state index >= 15 is 0 Å². The van der Waals surface area contributed by atoms with Crippen LogP contribution in [0.3, 0.4) is 0 Å². The van der Waals surface area contributed by atoms with Crippen molar-refractivity contribution in [2.24, 2.45) is 5.41 Å². The number of thiophene rings is 1. The van der Waals surface area contributed by atoms with Crippen LogP contribution < -0.4 is 5.32 Å². The monoisotopic (exact) mass is 435 g/mol. The third-order valence-corrected chi connectivity index (χ3v) is 7.58. The van der Waals surface area contributed by atoms with E-state index in [1.807, 2.05) is 11.0 Å². The summed E-state index contributed by atoms with van der Waals surface area (Å²) in [7, 11) is 0. The molecule has 8 heteroatoms. The first kappa shape index (κ1) is 20.3. The van der Waals surface area contributed by atoms with Gasteiger partial charge in [0.25, 0.3) is 11.8 Å². The van der Waals surface area contributed by atoms with Gasteiger partial charge in [0.15, 0.2) is 11.5 Å². The summed E-state index contributed by atoms with van der Waals surface area (Å²) >= 11 is 7.35. The lowest BCUT2D eigenvalue weighted by Crippen LogP contribution is -2.52. The number of aryl methyl sites for hydroxylation is 2. The van der Waals surface area contributed by atoms with E-state index in [1.165, 1.54) is 16.5 Å². The Morgan fingerprint density at radius 2 is 2.17 bits per heavy atom. The normalized spacial score (nSPS) is 23.3. The zero-order chi connectivity index (χ0) is 20.8.